The number of hydrogen-bond donors (Lipinski definition) is 2. The number of nitrogens with zero attached hydrogens (tertiary/aromatic N) is 2. The van der Waals surface area contributed by atoms with Crippen LogP contribution in [0.15, 0.2) is 54.2 Å². The maximum absolute atomic E-state index is 12.5. The van der Waals surface area contributed by atoms with E-state index in [9.17, 15) is 10.1 Å². The Hall–Kier alpha value is -4.05. The summed E-state index contributed by atoms with van der Waals surface area (Å²) >= 11 is 0. The molecule has 2 aromatic carbocycles. The number of rotatable bonds is 8. The number of aromatic nitrogens is 2. The van der Waals surface area contributed by atoms with E-state index in [1.807, 2.05) is 55.5 Å². The lowest BCUT2D eigenvalue weighted by atomic mass is 10.0. The Balaban J connectivity index is 1.68. The topological polar surface area (TPSA) is 100 Å². The maximum Gasteiger partial charge on any atom is 0.261 e. The minimum Gasteiger partial charge on any atom is -0.493 e. The van der Waals surface area contributed by atoms with Crippen LogP contribution < -0.4 is 14.8 Å². The van der Waals surface area contributed by atoms with Crippen LogP contribution >= 0.6 is 0 Å². The third-order valence-corrected chi connectivity index (χ3v) is 4.82. The van der Waals surface area contributed by atoms with Gasteiger partial charge in [0.2, 0.25) is 0 Å². The number of aryl methyl sites for hydroxylation is 1. The zero-order valence-electron chi connectivity index (χ0n) is 17.7. The second kappa shape index (κ2) is 10.1. The number of ether oxygens (including phenoxy) is 2. The van der Waals surface area contributed by atoms with Crippen LogP contribution in [-0.2, 0) is 11.2 Å². The van der Waals surface area contributed by atoms with E-state index in [0.29, 0.717) is 30.0 Å². The molecule has 3 aromatic rings. The number of amides is 1. The van der Waals surface area contributed by atoms with Gasteiger partial charge in [-0.15, -0.1) is 0 Å². The monoisotopic (exact) mass is 416 g/mol. The molecule has 0 radical (unpaired) electrons. The van der Waals surface area contributed by atoms with E-state index in [-0.39, 0.29) is 5.57 Å². The van der Waals surface area contributed by atoms with Gasteiger partial charge in [-0.05, 0) is 37.1 Å². The second-order valence-electron chi connectivity index (χ2n) is 6.93. The first-order valence-corrected chi connectivity index (χ1v) is 9.77. The molecule has 0 aliphatic rings. The highest BCUT2D eigenvalue weighted by atomic mass is 16.5. The van der Waals surface area contributed by atoms with Crippen molar-refractivity contribution in [1.29, 1.82) is 5.26 Å². The average molecular weight is 416 g/mol. The molecule has 0 fully saturated rings. The number of nitriles is 1. The summed E-state index contributed by atoms with van der Waals surface area (Å²) in [6.45, 7) is 2.39. The molecular formula is C24H24N4O3. The number of benzene rings is 2. The van der Waals surface area contributed by atoms with Gasteiger partial charge < -0.3 is 14.8 Å². The van der Waals surface area contributed by atoms with Gasteiger partial charge in [-0.2, -0.15) is 10.4 Å². The smallest absolute Gasteiger partial charge is 0.261 e. The summed E-state index contributed by atoms with van der Waals surface area (Å²) in [7, 11) is 3.16. The van der Waals surface area contributed by atoms with E-state index in [1.54, 1.807) is 26.5 Å². The van der Waals surface area contributed by atoms with Crippen molar-refractivity contribution in [3.05, 3.63) is 70.9 Å². The molecule has 1 aromatic heterocycles. The standard InChI is InChI=1S/C24H24N4O3/c1-16-4-7-18(8-5-16)23-20(15-27-28-23)13-19(14-25)24(29)26-11-10-17-6-9-21(30-2)22(12-17)31-3/h4-9,12-13,15H,10-11H2,1-3H3,(H,26,29)(H,27,28)/b19-13+. The van der Waals surface area contributed by atoms with Gasteiger partial charge in [0.05, 0.1) is 26.1 Å². The van der Waals surface area contributed by atoms with Crippen molar-refractivity contribution in [1.82, 2.24) is 15.5 Å². The third-order valence-electron chi connectivity index (χ3n) is 4.82. The Morgan fingerprint density at radius 1 is 1.16 bits per heavy atom. The molecule has 0 spiro atoms. The Morgan fingerprint density at radius 3 is 2.58 bits per heavy atom. The highest BCUT2D eigenvalue weighted by Gasteiger charge is 2.12. The van der Waals surface area contributed by atoms with Crippen LogP contribution in [-0.4, -0.2) is 36.9 Å². The van der Waals surface area contributed by atoms with Crippen LogP contribution in [0.1, 0.15) is 16.7 Å². The Morgan fingerprint density at radius 2 is 1.90 bits per heavy atom. The minimum absolute atomic E-state index is 0.0158. The molecule has 31 heavy (non-hydrogen) atoms. The predicted octanol–water partition coefficient (Wildman–Crippen LogP) is 3.67. The van der Waals surface area contributed by atoms with Crippen LogP contribution in [0.5, 0.6) is 11.5 Å². The first kappa shape index (κ1) is 21.7. The molecule has 1 heterocycles. The summed E-state index contributed by atoms with van der Waals surface area (Å²) in [5.41, 5.74) is 4.51. The summed E-state index contributed by atoms with van der Waals surface area (Å²) in [5, 5.41) is 19.3. The molecule has 1 amide bonds. The number of nitrogens with one attached hydrogen (secondary N) is 2. The fraction of sp³-hybridized carbons (Fsp3) is 0.208. The lowest BCUT2D eigenvalue weighted by Gasteiger charge is -2.10. The molecule has 0 saturated carbocycles. The van der Waals surface area contributed by atoms with Crippen molar-refractivity contribution >= 4 is 12.0 Å². The Labute approximate surface area is 181 Å². The lowest BCUT2D eigenvalue weighted by molar-refractivity contribution is -0.117. The molecule has 158 valence electrons. The molecule has 2 N–H and O–H groups in total. The fourth-order valence-corrected chi connectivity index (χ4v) is 3.11. The van der Waals surface area contributed by atoms with Gasteiger partial charge in [-0.25, -0.2) is 0 Å². The number of methoxy groups -OCH3 is 2. The van der Waals surface area contributed by atoms with Gasteiger partial charge in [0.15, 0.2) is 11.5 Å². The molecule has 0 bridgehead atoms. The van der Waals surface area contributed by atoms with Crippen LogP contribution in [0.25, 0.3) is 17.3 Å². The summed E-state index contributed by atoms with van der Waals surface area (Å²) < 4.78 is 10.5. The zero-order valence-corrected chi connectivity index (χ0v) is 17.7. The fourth-order valence-electron chi connectivity index (χ4n) is 3.11. The molecule has 3 rings (SSSR count). The van der Waals surface area contributed by atoms with E-state index >= 15 is 0 Å². The van der Waals surface area contributed by atoms with Crippen molar-refractivity contribution < 1.29 is 14.3 Å². The van der Waals surface area contributed by atoms with E-state index in [1.165, 1.54) is 0 Å². The van der Waals surface area contributed by atoms with Crippen LogP contribution in [0.3, 0.4) is 0 Å². The van der Waals surface area contributed by atoms with Crippen molar-refractivity contribution in [2.45, 2.75) is 13.3 Å². The quantitative estimate of drug-likeness (QED) is 0.431. The van der Waals surface area contributed by atoms with Crippen LogP contribution in [0.2, 0.25) is 0 Å². The summed E-state index contributed by atoms with van der Waals surface area (Å²) in [5.74, 6) is 0.848. The first-order valence-electron chi connectivity index (χ1n) is 9.77. The highest BCUT2D eigenvalue weighted by Crippen LogP contribution is 2.27. The Bertz CT molecular complexity index is 1120. The number of aromatic amines is 1. The van der Waals surface area contributed by atoms with Gasteiger partial charge >= 0.3 is 0 Å². The van der Waals surface area contributed by atoms with Crippen LogP contribution in [0.4, 0.5) is 0 Å². The first-order chi connectivity index (χ1) is 15.0. The molecule has 0 atom stereocenters. The van der Waals surface area contributed by atoms with Gasteiger partial charge in [0, 0.05) is 17.7 Å². The maximum atomic E-state index is 12.5. The summed E-state index contributed by atoms with van der Waals surface area (Å²) in [6.07, 6.45) is 3.74. The van der Waals surface area contributed by atoms with E-state index in [2.05, 4.69) is 15.5 Å². The van der Waals surface area contributed by atoms with Gasteiger partial charge in [0.1, 0.15) is 11.6 Å². The predicted molar refractivity (Wildman–Crippen MR) is 119 cm³/mol. The number of carbonyl (C=O) groups is 1. The second-order valence-corrected chi connectivity index (χ2v) is 6.93. The van der Waals surface area contributed by atoms with Gasteiger partial charge in [0.25, 0.3) is 5.91 Å². The van der Waals surface area contributed by atoms with Crippen molar-refractivity contribution in [2.75, 3.05) is 20.8 Å². The summed E-state index contributed by atoms with van der Waals surface area (Å²) in [6, 6.07) is 15.5. The molecule has 7 nitrogen and oxygen atoms in total. The minimum atomic E-state index is -0.431. The van der Waals surface area contributed by atoms with E-state index < -0.39 is 5.91 Å². The summed E-state index contributed by atoms with van der Waals surface area (Å²) in [4.78, 5) is 12.5. The molecular weight excluding hydrogens is 392 g/mol. The zero-order chi connectivity index (χ0) is 22.2. The van der Waals surface area contributed by atoms with Gasteiger partial charge in [-0.3, -0.25) is 9.89 Å². The van der Waals surface area contributed by atoms with Crippen LogP contribution in [0, 0.1) is 18.3 Å². The largest absolute Gasteiger partial charge is 0.493 e. The molecule has 0 unspecified atom stereocenters. The van der Waals surface area contributed by atoms with Crippen molar-refractivity contribution in [3.8, 4) is 28.8 Å². The highest BCUT2D eigenvalue weighted by molar-refractivity contribution is 6.02. The van der Waals surface area contributed by atoms with Gasteiger partial charge in [-0.1, -0.05) is 35.9 Å². The SMILES string of the molecule is COc1ccc(CCNC(=O)/C(C#N)=C/c2cn[nH]c2-c2ccc(C)cc2)cc1OC. The number of hydrogen-bond acceptors (Lipinski definition) is 5. The number of H-pyrrole nitrogens is 1. The van der Waals surface area contributed by atoms with Crippen molar-refractivity contribution in [3.63, 3.8) is 0 Å². The Kier molecular flexibility index (Phi) is 7.07. The molecule has 0 saturated heterocycles. The molecule has 0 aliphatic carbocycles. The third kappa shape index (κ3) is 5.31. The molecule has 0 aliphatic heterocycles. The van der Waals surface area contributed by atoms with Crippen molar-refractivity contribution in [2.24, 2.45) is 0 Å². The average Bonchev–Trinajstić information content (AvgIpc) is 3.25. The number of carbonyl (C=O) groups excluding carboxylic acids is 1. The van der Waals surface area contributed by atoms with E-state index in [0.717, 1.165) is 22.4 Å². The van der Waals surface area contributed by atoms with E-state index in [4.69, 9.17) is 9.47 Å². The molecule has 7 heteroatoms. The normalized spacial score (nSPS) is 11.0. The lowest BCUT2D eigenvalue weighted by Crippen LogP contribution is -2.26.